The molecule has 0 bridgehead atoms. The maximum absolute atomic E-state index is 13.4. The van der Waals surface area contributed by atoms with E-state index in [0.717, 1.165) is 43.0 Å². The Morgan fingerprint density at radius 3 is 2.64 bits per heavy atom. The summed E-state index contributed by atoms with van der Waals surface area (Å²) in [6.45, 7) is 5.07. The minimum Gasteiger partial charge on any atom is -0.354 e. The Morgan fingerprint density at radius 1 is 1.14 bits per heavy atom. The van der Waals surface area contributed by atoms with E-state index < -0.39 is 5.82 Å². The van der Waals surface area contributed by atoms with Crippen molar-refractivity contribution in [2.45, 2.75) is 13.3 Å². The van der Waals surface area contributed by atoms with Gasteiger partial charge in [-0.1, -0.05) is 6.92 Å². The van der Waals surface area contributed by atoms with Crippen LogP contribution in [0.1, 0.15) is 23.1 Å². The fourth-order valence-electron chi connectivity index (χ4n) is 4.27. The Morgan fingerprint density at radius 2 is 1.93 bits per heavy atom. The third-order valence-electron chi connectivity index (χ3n) is 5.68. The fraction of sp³-hybridized carbons (Fsp3) is 0.421. The van der Waals surface area contributed by atoms with Crippen LogP contribution in [0, 0.1) is 17.7 Å². The molecular weight excluding hydrogens is 361 g/mol. The van der Waals surface area contributed by atoms with Crippen LogP contribution in [0.3, 0.4) is 0 Å². The van der Waals surface area contributed by atoms with Crippen molar-refractivity contribution >= 4 is 17.4 Å². The molecule has 5 heterocycles. The highest BCUT2D eigenvalue weighted by Gasteiger charge is 2.42. The molecule has 5 rings (SSSR count). The van der Waals surface area contributed by atoms with Gasteiger partial charge in [-0.15, -0.1) is 15.3 Å². The molecule has 2 saturated heterocycles. The first-order chi connectivity index (χ1) is 13.6. The Bertz CT molecular complexity index is 1040. The van der Waals surface area contributed by atoms with Gasteiger partial charge in [-0.2, -0.15) is 4.52 Å². The molecule has 0 radical (unpaired) electrons. The molecule has 3 aromatic heterocycles. The van der Waals surface area contributed by atoms with Crippen LogP contribution in [0.15, 0.2) is 30.6 Å². The van der Waals surface area contributed by atoms with E-state index in [1.54, 1.807) is 4.52 Å². The van der Waals surface area contributed by atoms with Crippen molar-refractivity contribution in [2.24, 2.45) is 11.8 Å². The summed E-state index contributed by atoms with van der Waals surface area (Å²) in [4.78, 5) is 20.5. The van der Waals surface area contributed by atoms with Gasteiger partial charge in [0.05, 0.1) is 11.8 Å². The lowest BCUT2D eigenvalue weighted by Crippen LogP contribution is -2.33. The highest BCUT2D eigenvalue weighted by atomic mass is 19.1. The number of halogens is 1. The molecule has 2 unspecified atom stereocenters. The minimum absolute atomic E-state index is 0.149. The standard InChI is InChI=1S/C19H20FN7O/c1-2-16-22-23-17-3-4-18(24-27(16)17)25-8-13-10-26(11-14(13)9-25)19(28)12-5-15(20)7-21-6-12/h3-7,13-14H,2,8-11H2,1H3. The van der Waals surface area contributed by atoms with Gasteiger partial charge in [0.15, 0.2) is 11.5 Å². The Labute approximate surface area is 161 Å². The molecular formula is C19H20FN7O. The molecule has 2 atom stereocenters. The van der Waals surface area contributed by atoms with E-state index in [0.29, 0.717) is 30.5 Å². The molecule has 0 aliphatic carbocycles. The zero-order valence-electron chi connectivity index (χ0n) is 15.5. The number of carbonyl (C=O) groups excluding carboxylic acids is 1. The van der Waals surface area contributed by atoms with Crippen molar-refractivity contribution in [3.63, 3.8) is 0 Å². The second kappa shape index (κ2) is 6.50. The molecule has 28 heavy (non-hydrogen) atoms. The van der Waals surface area contributed by atoms with Gasteiger partial charge in [0.1, 0.15) is 11.6 Å². The molecule has 0 N–H and O–H groups in total. The normalized spacial score (nSPS) is 21.5. The number of rotatable bonds is 3. The number of amides is 1. The Hall–Kier alpha value is -3.10. The van der Waals surface area contributed by atoms with E-state index >= 15 is 0 Å². The first-order valence-corrected chi connectivity index (χ1v) is 9.48. The SMILES string of the molecule is CCc1nnc2ccc(N3CC4CN(C(=O)c5cncc(F)c5)CC4C3)nn12. The second-order valence-corrected chi connectivity index (χ2v) is 7.46. The summed E-state index contributed by atoms with van der Waals surface area (Å²) in [5, 5.41) is 13.0. The molecule has 144 valence electrons. The lowest BCUT2D eigenvalue weighted by molar-refractivity contribution is 0.0781. The number of likely N-dealkylation sites (tertiary alicyclic amines) is 1. The topological polar surface area (TPSA) is 79.5 Å². The van der Waals surface area contributed by atoms with Gasteiger partial charge in [-0.3, -0.25) is 9.78 Å². The molecule has 8 nitrogen and oxygen atoms in total. The van der Waals surface area contributed by atoms with Crippen molar-refractivity contribution in [3.8, 4) is 0 Å². The summed E-state index contributed by atoms with van der Waals surface area (Å²) in [6.07, 6.45) is 3.31. The van der Waals surface area contributed by atoms with Crippen LogP contribution in [-0.2, 0) is 6.42 Å². The van der Waals surface area contributed by atoms with Gasteiger partial charge in [-0.25, -0.2) is 4.39 Å². The van der Waals surface area contributed by atoms with Crippen molar-refractivity contribution < 1.29 is 9.18 Å². The van der Waals surface area contributed by atoms with Crippen molar-refractivity contribution in [2.75, 3.05) is 31.1 Å². The molecule has 0 saturated carbocycles. The number of aromatic nitrogens is 5. The third-order valence-corrected chi connectivity index (χ3v) is 5.68. The summed E-state index contributed by atoms with van der Waals surface area (Å²) >= 11 is 0. The first-order valence-electron chi connectivity index (χ1n) is 9.48. The summed E-state index contributed by atoms with van der Waals surface area (Å²) in [5.41, 5.74) is 1.06. The highest BCUT2D eigenvalue weighted by Crippen LogP contribution is 2.34. The predicted molar refractivity (Wildman–Crippen MR) is 99.5 cm³/mol. The van der Waals surface area contributed by atoms with E-state index in [1.807, 2.05) is 24.0 Å². The monoisotopic (exact) mass is 381 g/mol. The number of nitrogens with zero attached hydrogens (tertiary/aromatic N) is 7. The van der Waals surface area contributed by atoms with Crippen LogP contribution in [0.4, 0.5) is 10.2 Å². The molecule has 0 spiro atoms. The Kier molecular flexibility index (Phi) is 3.96. The van der Waals surface area contributed by atoms with Crippen LogP contribution < -0.4 is 4.90 Å². The molecule has 2 aliphatic rings. The summed E-state index contributed by atoms with van der Waals surface area (Å²) in [7, 11) is 0. The van der Waals surface area contributed by atoms with Crippen LogP contribution >= 0.6 is 0 Å². The molecule has 9 heteroatoms. The maximum Gasteiger partial charge on any atom is 0.255 e. The van der Waals surface area contributed by atoms with E-state index in [1.165, 1.54) is 12.3 Å². The van der Waals surface area contributed by atoms with Crippen LogP contribution in [-0.4, -0.2) is 61.8 Å². The number of anilines is 1. The largest absolute Gasteiger partial charge is 0.354 e. The van der Waals surface area contributed by atoms with Gasteiger partial charge >= 0.3 is 0 Å². The average Bonchev–Trinajstić information content (AvgIpc) is 3.39. The van der Waals surface area contributed by atoms with Gasteiger partial charge in [0.25, 0.3) is 5.91 Å². The number of fused-ring (bicyclic) bond motifs is 2. The Balaban J connectivity index is 1.30. The minimum atomic E-state index is -0.488. The third kappa shape index (κ3) is 2.78. The van der Waals surface area contributed by atoms with Crippen molar-refractivity contribution in [1.29, 1.82) is 0 Å². The van der Waals surface area contributed by atoms with Crippen LogP contribution in [0.25, 0.3) is 5.65 Å². The number of hydrogen-bond donors (Lipinski definition) is 0. The van der Waals surface area contributed by atoms with E-state index in [9.17, 15) is 9.18 Å². The summed E-state index contributed by atoms with van der Waals surface area (Å²) in [5.74, 6) is 1.88. The smallest absolute Gasteiger partial charge is 0.255 e. The predicted octanol–water partition coefficient (Wildman–Crippen LogP) is 1.43. The fourth-order valence-corrected chi connectivity index (χ4v) is 4.27. The van der Waals surface area contributed by atoms with Gasteiger partial charge < -0.3 is 9.80 Å². The van der Waals surface area contributed by atoms with E-state index in [4.69, 9.17) is 5.10 Å². The average molecular weight is 381 g/mol. The highest BCUT2D eigenvalue weighted by molar-refractivity contribution is 5.94. The molecule has 3 aromatic rings. The summed E-state index contributed by atoms with van der Waals surface area (Å²) in [6, 6.07) is 5.17. The van der Waals surface area contributed by atoms with Crippen molar-refractivity contribution in [3.05, 3.63) is 47.8 Å². The quantitative estimate of drug-likeness (QED) is 0.683. The molecule has 2 aliphatic heterocycles. The second-order valence-electron chi connectivity index (χ2n) is 7.46. The number of carbonyl (C=O) groups is 1. The maximum atomic E-state index is 13.4. The van der Waals surface area contributed by atoms with Crippen LogP contribution in [0.5, 0.6) is 0 Å². The van der Waals surface area contributed by atoms with E-state index in [2.05, 4.69) is 20.1 Å². The van der Waals surface area contributed by atoms with Crippen molar-refractivity contribution in [1.82, 2.24) is 29.7 Å². The molecule has 1 amide bonds. The zero-order valence-corrected chi connectivity index (χ0v) is 15.5. The first kappa shape index (κ1) is 17.0. The molecule has 0 aromatic carbocycles. The lowest BCUT2D eigenvalue weighted by Gasteiger charge is -2.22. The van der Waals surface area contributed by atoms with Gasteiger partial charge in [-0.05, 0) is 18.2 Å². The summed E-state index contributed by atoms with van der Waals surface area (Å²) < 4.78 is 15.2. The number of pyridine rings is 1. The van der Waals surface area contributed by atoms with Gasteiger partial charge in [0.2, 0.25) is 0 Å². The van der Waals surface area contributed by atoms with E-state index in [-0.39, 0.29) is 5.91 Å². The van der Waals surface area contributed by atoms with Gasteiger partial charge in [0, 0.05) is 50.6 Å². The number of hydrogen-bond acceptors (Lipinski definition) is 6. The molecule has 2 fully saturated rings. The number of aryl methyl sites for hydroxylation is 1. The zero-order chi connectivity index (χ0) is 19.3. The lowest BCUT2D eigenvalue weighted by atomic mass is 10.0. The van der Waals surface area contributed by atoms with Crippen LogP contribution in [0.2, 0.25) is 0 Å².